The van der Waals surface area contributed by atoms with Crippen LogP contribution in [0.15, 0.2) is 35.7 Å². The number of thiophene rings is 1. The van der Waals surface area contributed by atoms with Gasteiger partial charge >= 0.3 is 7.12 Å². The van der Waals surface area contributed by atoms with Gasteiger partial charge in [-0.2, -0.15) is 0 Å². The molecule has 0 spiro atoms. The lowest BCUT2D eigenvalue weighted by atomic mass is 9.75. The first-order valence-electron chi connectivity index (χ1n) is 4.69. The van der Waals surface area contributed by atoms with Gasteiger partial charge in [-0.3, -0.25) is 0 Å². The van der Waals surface area contributed by atoms with Crippen molar-refractivity contribution in [3.63, 3.8) is 0 Å². The summed E-state index contributed by atoms with van der Waals surface area (Å²) in [5.41, 5.74) is 2.52. The lowest BCUT2D eigenvalue weighted by Gasteiger charge is -2.07. The minimum Gasteiger partial charge on any atom is -0.423 e. The molecular formula is C11H11BO2S. The summed E-state index contributed by atoms with van der Waals surface area (Å²) in [7, 11) is -1.42. The number of rotatable bonds is 2. The van der Waals surface area contributed by atoms with Crippen LogP contribution in [-0.4, -0.2) is 17.2 Å². The Bertz CT molecular complexity index is 465. The first-order valence-corrected chi connectivity index (χ1v) is 5.57. The zero-order valence-electron chi connectivity index (χ0n) is 8.34. The zero-order chi connectivity index (χ0) is 10.8. The van der Waals surface area contributed by atoms with E-state index in [0.717, 1.165) is 11.1 Å². The van der Waals surface area contributed by atoms with Gasteiger partial charge in [0.05, 0.1) is 0 Å². The summed E-state index contributed by atoms with van der Waals surface area (Å²) in [6.07, 6.45) is 0. The molecule has 15 heavy (non-hydrogen) atoms. The summed E-state index contributed by atoms with van der Waals surface area (Å²) in [5.74, 6) is 0. The maximum atomic E-state index is 9.25. The standard InChI is InChI=1S/C11H11BO2S/c1-8-9(6-7-15-8)10-4-2-3-5-11(10)12(13)14/h2-7,13-14H,1H3. The predicted molar refractivity (Wildman–Crippen MR) is 64.3 cm³/mol. The lowest BCUT2D eigenvalue weighted by molar-refractivity contribution is 0.426. The highest BCUT2D eigenvalue weighted by atomic mass is 32.1. The van der Waals surface area contributed by atoms with E-state index in [4.69, 9.17) is 0 Å². The van der Waals surface area contributed by atoms with Crippen molar-refractivity contribution < 1.29 is 10.0 Å². The number of hydrogen-bond donors (Lipinski definition) is 2. The summed E-state index contributed by atoms with van der Waals surface area (Å²) < 4.78 is 0. The lowest BCUT2D eigenvalue weighted by Crippen LogP contribution is -2.31. The van der Waals surface area contributed by atoms with Gasteiger partial charge in [0, 0.05) is 4.88 Å². The van der Waals surface area contributed by atoms with Gasteiger partial charge in [-0.1, -0.05) is 24.3 Å². The van der Waals surface area contributed by atoms with Crippen molar-refractivity contribution in [2.75, 3.05) is 0 Å². The number of aryl methyl sites for hydroxylation is 1. The van der Waals surface area contributed by atoms with E-state index >= 15 is 0 Å². The molecule has 0 saturated heterocycles. The predicted octanol–water partition coefficient (Wildman–Crippen LogP) is 1.40. The van der Waals surface area contributed by atoms with Crippen LogP contribution in [0.4, 0.5) is 0 Å². The van der Waals surface area contributed by atoms with E-state index in [9.17, 15) is 10.0 Å². The van der Waals surface area contributed by atoms with E-state index in [-0.39, 0.29) is 0 Å². The summed E-state index contributed by atoms with van der Waals surface area (Å²) in [6, 6.07) is 9.35. The third-order valence-corrected chi connectivity index (χ3v) is 3.23. The van der Waals surface area contributed by atoms with E-state index in [0.29, 0.717) is 5.46 Å². The van der Waals surface area contributed by atoms with Crippen LogP contribution in [0.1, 0.15) is 4.88 Å². The molecule has 0 radical (unpaired) electrons. The Hall–Kier alpha value is -1.10. The van der Waals surface area contributed by atoms with Crippen LogP contribution in [0.5, 0.6) is 0 Å². The Kier molecular flexibility index (Phi) is 2.91. The van der Waals surface area contributed by atoms with E-state index in [2.05, 4.69) is 0 Å². The van der Waals surface area contributed by atoms with Gasteiger partial charge in [0.2, 0.25) is 0 Å². The van der Waals surface area contributed by atoms with Crippen LogP contribution in [-0.2, 0) is 0 Å². The molecule has 4 heteroatoms. The highest BCUT2D eigenvalue weighted by molar-refractivity contribution is 7.10. The SMILES string of the molecule is Cc1sccc1-c1ccccc1B(O)O. The van der Waals surface area contributed by atoms with Crippen molar-refractivity contribution in [1.29, 1.82) is 0 Å². The van der Waals surface area contributed by atoms with Crippen molar-refractivity contribution in [3.05, 3.63) is 40.6 Å². The first-order chi connectivity index (χ1) is 7.20. The van der Waals surface area contributed by atoms with E-state index in [1.165, 1.54) is 4.88 Å². The average Bonchev–Trinajstić information content (AvgIpc) is 2.64. The van der Waals surface area contributed by atoms with Gasteiger partial charge < -0.3 is 10.0 Å². The Morgan fingerprint density at radius 1 is 1.07 bits per heavy atom. The Morgan fingerprint density at radius 3 is 2.40 bits per heavy atom. The zero-order valence-corrected chi connectivity index (χ0v) is 9.16. The minimum atomic E-state index is -1.42. The third kappa shape index (κ3) is 1.97. The Labute approximate surface area is 93.0 Å². The maximum Gasteiger partial charge on any atom is 0.489 e. The van der Waals surface area contributed by atoms with Crippen molar-refractivity contribution in [2.24, 2.45) is 0 Å². The third-order valence-electron chi connectivity index (χ3n) is 2.39. The van der Waals surface area contributed by atoms with Crippen molar-refractivity contribution in [2.45, 2.75) is 6.92 Å². The number of benzene rings is 1. The summed E-state index contributed by atoms with van der Waals surface area (Å²) in [6.45, 7) is 2.03. The number of hydrogen-bond acceptors (Lipinski definition) is 3. The fourth-order valence-electron chi connectivity index (χ4n) is 1.63. The minimum absolute atomic E-state index is 0.555. The molecule has 1 heterocycles. The van der Waals surface area contributed by atoms with Gasteiger partial charge in [-0.25, -0.2) is 0 Å². The molecule has 0 fully saturated rings. The molecule has 0 aliphatic carbocycles. The largest absolute Gasteiger partial charge is 0.489 e. The van der Waals surface area contributed by atoms with Crippen molar-refractivity contribution >= 4 is 23.9 Å². The molecule has 0 unspecified atom stereocenters. The molecule has 0 atom stereocenters. The van der Waals surface area contributed by atoms with Gasteiger partial charge in [-0.15, -0.1) is 11.3 Å². The molecule has 0 aliphatic heterocycles. The maximum absolute atomic E-state index is 9.25. The molecule has 2 nitrogen and oxygen atoms in total. The van der Waals surface area contributed by atoms with Gasteiger partial charge in [0.1, 0.15) is 0 Å². The molecule has 0 aliphatic rings. The topological polar surface area (TPSA) is 40.5 Å². The molecule has 2 aromatic rings. The normalized spacial score (nSPS) is 10.3. The van der Waals surface area contributed by atoms with Gasteiger partial charge in [-0.05, 0) is 35.0 Å². The van der Waals surface area contributed by atoms with Crippen LogP contribution in [0.25, 0.3) is 11.1 Å². The Balaban J connectivity index is 2.58. The Morgan fingerprint density at radius 2 is 1.80 bits per heavy atom. The summed E-state index contributed by atoms with van der Waals surface area (Å²) in [4.78, 5) is 1.18. The quantitative estimate of drug-likeness (QED) is 0.748. The van der Waals surface area contributed by atoms with E-state index < -0.39 is 7.12 Å². The molecule has 2 N–H and O–H groups in total. The molecule has 2 rings (SSSR count). The highest BCUT2D eigenvalue weighted by Crippen LogP contribution is 2.26. The molecule has 0 amide bonds. The summed E-state index contributed by atoms with van der Waals surface area (Å²) >= 11 is 1.66. The average molecular weight is 218 g/mol. The van der Waals surface area contributed by atoms with Crippen molar-refractivity contribution in [1.82, 2.24) is 0 Å². The molecule has 0 saturated carbocycles. The fourth-order valence-corrected chi connectivity index (χ4v) is 2.35. The van der Waals surface area contributed by atoms with Crippen LogP contribution in [0, 0.1) is 6.92 Å². The fraction of sp³-hybridized carbons (Fsp3) is 0.0909. The van der Waals surface area contributed by atoms with Crippen LogP contribution < -0.4 is 5.46 Å². The highest BCUT2D eigenvalue weighted by Gasteiger charge is 2.17. The second-order valence-electron chi connectivity index (χ2n) is 3.35. The van der Waals surface area contributed by atoms with Crippen LogP contribution in [0.3, 0.4) is 0 Å². The van der Waals surface area contributed by atoms with E-state index in [1.54, 1.807) is 23.5 Å². The molecule has 1 aromatic heterocycles. The molecular weight excluding hydrogens is 207 g/mol. The second-order valence-corrected chi connectivity index (χ2v) is 4.47. The monoisotopic (exact) mass is 218 g/mol. The summed E-state index contributed by atoms with van der Waals surface area (Å²) in [5, 5.41) is 20.5. The van der Waals surface area contributed by atoms with Crippen molar-refractivity contribution in [3.8, 4) is 11.1 Å². The van der Waals surface area contributed by atoms with Crippen LogP contribution >= 0.6 is 11.3 Å². The smallest absolute Gasteiger partial charge is 0.423 e. The van der Waals surface area contributed by atoms with Gasteiger partial charge in [0.15, 0.2) is 0 Å². The molecule has 1 aromatic carbocycles. The molecule has 0 bridgehead atoms. The molecule has 76 valence electrons. The first kappa shape index (κ1) is 10.4. The second kappa shape index (κ2) is 4.19. The van der Waals surface area contributed by atoms with E-state index in [1.807, 2.05) is 30.5 Å². The van der Waals surface area contributed by atoms with Gasteiger partial charge in [0.25, 0.3) is 0 Å². The van der Waals surface area contributed by atoms with Crippen LogP contribution in [0.2, 0.25) is 0 Å².